The zero-order chi connectivity index (χ0) is 22.1. The topological polar surface area (TPSA) is 51.7 Å². The van der Waals surface area contributed by atoms with Gasteiger partial charge in [0.2, 0.25) is 5.91 Å². The number of hydrogen-bond acceptors (Lipinski definition) is 4. The normalized spacial score (nSPS) is 19.1. The van der Waals surface area contributed by atoms with Gasteiger partial charge in [-0.25, -0.2) is 0 Å². The van der Waals surface area contributed by atoms with Crippen LogP contribution in [0, 0.1) is 0 Å². The smallest absolute Gasteiger partial charge is 0.223 e. The number of rotatable bonds is 6. The largest absolute Gasteiger partial charge is 0.493 e. The van der Waals surface area contributed by atoms with Crippen LogP contribution in [0.3, 0.4) is 0 Å². The van der Waals surface area contributed by atoms with Crippen molar-refractivity contribution in [3.8, 4) is 11.5 Å². The van der Waals surface area contributed by atoms with Crippen LogP contribution in [0.1, 0.15) is 49.3 Å². The van der Waals surface area contributed by atoms with Crippen LogP contribution < -0.4 is 9.47 Å². The molecule has 1 aliphatic carbocycles. The average molecular weight is 451 g/mol. The Balaban J connectivity index is 1.32. The highest BCUT2D eigenvalue weighted by Crippen LogP contribution is 2.37. The van der Waals surface area contributed by atoms with E-state index in [0.717, 1.165) is 46.5 Å². The van der Waals surface area contributed by atoms with E-state index in [-0.39, 0.29) is 17.9 Å². The minimum absolute atomic E-state index is 0.134. The summed E-state index contributed by atoms with van der Waals surface area (Å²) in [6, 6.07) is 15.8. The average Bonchev–Trinajstić information content (AvgIpc) is 3.43. The molecule has 2 aromatic carbocycles. The highest BCUT2D eigenvalue weighted by Gasteiger charge is 2.31. The van der Waals surface area contributed by atoms with E-state index < -0.39 is 0 Å². The first-order valence-corrected chi connectivity index (χ1v) is 11.6. The maximum atomic E-state index is 12.8. The van der Waals surface area contributed by atoms with Gasteiger partial charge in [0.25, 0.3) is 0 Å². The number of carbonyl (C=O) groups is 1. The van der Waals surface area contributed by atoms with Gasteiger partial charge in [0.1, 0.15) is 0 Å². The van der Waals surface area contributed by atoms with Crippen LogP contribution in [0.4, 0.5) is 0 Å². The molecule has 0 spiro atoms. The molecule has 1 saturated heterocycles. The molecule has 5 nitrogen and oxygen atoms in total. The number of benzene rings is 2. The molecule has 0 N–H and O–H groups in total. The fourth-order valence-corrected chi connectivity index (χ4v) is 4.96. The van der Waals surface area contributed by atoms with Crippen LogP contribution in [0.25, 0.3) is 10.9 Å². The van der Waals surface area contributed by atoms with Gasteiger partial charge >= 0.3 is 0 Å². The van der Waals surface area contributed by atoms with E-state index in [4.69, 9.17) is 26.1 Å². The lowest BCUT2D eigenvalue weighted by atomic mass is 9.98. The van der Waals surface area contributed by atoms with Crippen molar-refractivity contribution >= 4 is 28.4 Å². The number of carbonyl (C=O) groups excluding carboxylic acids is 1. The first-order valence-electron chi connectivity index (χ1n) is 11.3. The number of ether oxygens (including phenoxy) is 2. The fourth-order valence-electron chi connectivity index (χ4n) is 4.79. The number of likely N-dealkylation sites (tertiary alicyclic amines) is 1. The molecule has 1 amide bonds. The number of hydrogen-bond donors (Lipinski definition) is 0. The lowest BCUT2D eigenvalue weighted by Crippen LogP contribution is -2.25. The Hall–Kier alpha value is -2.79. The second kappa shape index (κ2) is 8.99. The van der Waals surface area contributed by atoms with Gasteiger partial charge < -0.3 is 14.4 Å². The van der Waals surface area contributed by atoms with Crippen molar-refractivity contribution in [2.24, 2.45) is 0 Å². The molecule has 6 heteroatoms. The van der Waals surface area contributed by atoms with Crippen LogP contribution in [0.15, 0.2) is 48.5 Å². The molecule has 1 aliphatic heterocycles. The third-order valence-electron chi connectivity index (χ3n) is 6.53. The van der Waals surface area contributed by atoms with Crippen molar-refractivity contribution < 1.29 is 14.3 Å². The number of aromatic nitrogens is 1. The van der Waals surface area contributed by atoms with E-state index >= 15 is 0 Å². The quantitative estimate of drug-likeness (QED) is 0.481. The monoisotopic (exact) mass is 450 g/mol. The van der Waals surface area contributed by atoms with Crippen LogP contribution in [-0.2, 0) is 11.3 Å². The molecule has 3 aromatic rings. The van der Waals surface area contributed by atoms with Crippen LogP contribution in [0.2, 0.25) is 5.02 Å². The van der Waals surface area contributed by atoms with E-state index in [1.807, 2.05) is 41.3 Å². The number of nitrogens with zero attached hydrogens (tertiary/aromatic N) is 2. The van der Waals surface area contributed by atoms with Crippen molar-refractivity contribution in [1.29, 1.82) is 0 Å². The number of pyridine rings is 1. The van der Waals surface area contributed by atoms with Gasteiger partial charge in [-0.2, -0.15) is 0 Å². The zero-order valence-electron chi connectivity index (χ0n) is 18.2. The molecular formula is C26H27ClN2O3. The van der Waals surface area contributed by atoms with Gasteiger partial charge in [-0.15, -0.1) is 0 Å². The molecule has 0 bridgehead atoms. The van der Waals surface area contributed by atoms with E-state index in [1.54, 1.807) is 7.11 Å². The number of methoxy groups -OCH3 is 1. The van der Waals surface area contributed by atoms with Crippen molar-refractivity contribution in [2.75, 3.05) is 13.7 Å². The SMILES string of the molecule is COc1ccc(C2CC(=O)N(Cc3ccc4ccc(Cl)cc4n3)C2)cc1OC1CCCC1. The fraction of sp³-hybridized carbons (Fsp3) is 0.385. The van der Waals surface area contributed by atoms with Crippen LogP contribution >= 0.6 is 11.6 Å². The first-order chi connectivity index (χ1) is 15.6. The molecule has 32 heavy (non-hydrogen) atoms. The Morgan fingerprint density at radius 1 is 1.06 bits per heavy atom. The number of halogens is 1. The maximum Gasteiger partial charge on any atom is 0.223 e. The van der Waals surface area contributed by atoms with Gasteiger partial charge in [-0.05, 0) is 61.6 Å². The first kappa shape index (κ1) is 21.1. The summed E-state index contributed by atoms with van der Waals surface area (Å²) in [5.74, 6) is 1.82. The minimum Gasteiger partial charge on any atom is -0.493 e. The molecule has 1 unspecified atom stereocenters. The van der Waals surface area contributed by atoms with Gasteiger partial charge in [0.15, 0.2) is 11.5 Å². The van der Waals surface area contributed by atoms with E-state index in [2.05, 4.69) is 12.1 Å². The molecule has 166 valence electrons. The van der Waals surface area contributed by atoms with Gasteiger partial charge in [0, 0.05) is 29.3 Å². The lowest BCUT2D eigenvalue weighted by Gasteiger charge is -2.19. The summed E-state index contributed by atoms with van der Waals surface area (Å²) in [6.07, 6.45) is 5.37. The van der Waals surface area contributed by atoms with Crippen molar-refractivity contribution in [3.05, 3.63) is 64.8 Å². The molecular weight excluding hydrogens is 424 g/mol. The van der Waals surface area contributed by atoms with E-state index in [0.29, 0.717) is 24.5 Å². The molecule has 2 fully saturated rings. The molecule has 1 atom stereocenters. The Bertz CT molecular complexity index is 1140. The Morgan fingerprint density at radius 3 is 2.69 bits per heavy atom. The molecule has 1 aromatic heterocycles. The molecule has 2 aliphatic rings. The van der Waals surface area contributed by atoms with Gasteiger partial charge in [-0.3, -0.25) is 9.78 Å². The summed E-state index contributed by atoms with van der Waals surface area (Å²) in [5.41, 5.74) is 2.84. The lowest BCUT2D eigenvalue weighted by molar-refractivity contribution is -0.128. The Morgan fingerprint density at radius 2 is 1.88 bits per heavy atom. The highest BCUT2D eigenvalue weighted by molar-refractivity contribution is 6.31. The standard InChI is InChI=1S/C26H27ClN2O3/c1-31-24-11-8-18(12-25(24)32-22-4-2-3-5-22)19-13-26(30)29(15-19)16-21-10-7-17-6-9-20(27)14-23(17)28-21/h6-12,14,19,22H,2-5,13,15-16H2,1H3. The van der Waals surface area contributed by atoms with Gasteiger partial charge in [0.05, 0.1) is 31.0 Å². The zero-order valence-corrected chi connectivity index (χ0v) is 19.0. The maximum absolute atomic E-state index is 12.8. The summed E-state index contributed by atoms with van der Waals surface area (Å²) in [4.78, 5) is 19.4. The summed E-state index contributed by atoms with van der Waals surface area (Å²) >= 11 is 6.12. The second-order valence-electron chi connectivity index (χ2n) is 8.75. The van der Waals surface area contributed by atoms with E-state index in [1.165, 1.54) is 12.8 Å². The number of fused-ring (bicyclic) bond motifs is 1. The number of amides is 1. The summed E-state index contributed by atoms with van der Waals surface area (Å²) in [7, 11) is 1.67. The molecule has 1 saturated carbocycles. The summed E-state index contributed by atoms with van der Waals surface area (Å²) in [6.45, 7) is 1.17. The third kappa shape index (κ3) is 4.40. The summed E-state index contributed by atoms with van der Waals surface area (Å²) in [5, 5.41) is 1.70. The predicted molar refractivity (Wildman–Crippen MR) is 125 cm³/mol. The van der Waals surface area contributed by atoms with E-state index in [9.17, 15) is 4.79 Å². The molecule has 0 radical (unpaired) electrons. The van der Waals surface area contributed by atoms with Gasteiger partial charge in [-0.1, -0.05) is 29.8 Å². The van der Waals surface area contributed by atoms with Crippen LogP contribution in [-0.4, -0.2) is 35.5 Å². The Kier molecular flexibility index (Phi) is 5.92. The predicted octanol–water partition coefficient (Wildman–Crippen LogP) is 5.73. The van der Waals surface area contributed by atoms with Crippen LogP contribution in [0.5, 0.6) is 11.5 Å². The highest BCUT2D eigenvalue weighted by atomic mass is 35.5. The summed E-state index contributed by atoms with van der Waals surface area (Å²) < 4.78 is 11.8. The van der Waals surface area contributed by atoms with Crippen molar-refractivity contribution in [3.63, 3.8) is 0 Å². The van der Waals surface area contributed by atoms with Crippen molar-refractivity contribution in [1.82, 2.24) is 9.88 Å². The second-order valence-corrected chi connectivity index (χ2v) is 9.19. The Labute approximate surface area is 193 Å². The van der Waals surface area contributed by atoms with Crippen molar-refractivity contribution in [2.45, 2.75) is 50.7 Å². The third-order valence-corrected chi connectivity index (χ3v) is 6.77. The molecule has 2 heterocycles. The molecule has 5 rings (SSSR count). The minimum atomic E-state index is 0.134.